The second-order valence-electron chi connectivity index (χ2n) is 8.52. The zero-order valence-electron chi connectivity index (χ0n) is 20.3. The molecule has 0 amide bonds. The van der Waals surface area contributed by atoms with Crippen molar-refractivity contribution >= 4 is 35.3 Å². The zero-order chi connectivity index (χ0) is 25.1. The van der Waals surface area contributed by atoms with Crippen molar-refractivity contribution in [3.63, 3.8) is 0 Å². The van der Waals surface area contributed by atoms with E-state index >= 15 is 0 Å². The number of nitrogens with one attached hydrogen (secondary N) is 1. The van der Waals surface area contributed by atoms with E-state index < -0.39 is 12.1 Å². The van der Waals surface area contributed by atoms with Crippen LogP contribution in [0.15, 0.2) is 29.8 Å². The van der Waals surface area contributed by atoms with E-state index in [2.05, 4.69) is 20.1 Å². The van der Waals surface area contributed by atoms with Crippen LogP contribution in [0, 0.1) is 0 Å². The summed E-state index contributed by atoms with van der Waals surface area (Å²) >= 11 is 6.60. The summed E-state index contributed by atoms with van der Waals surface area (Å²) in [4.78, 5) is 31.0. The van der Waals surface area contributed by atoms with Crippen molar-refractivity contribution in [2.45, 2.75) is 19.8 Å². The minimum absolute atomic E-state index is 0.193. The van der Waals surface area contributed by atoms with Crippen molar-refractivity contribution in [3.8, 4) is 0 Å². The summed E-state index contributed by atoms with van der Waals surface area (Å²) in [6, 6.07) is 3.67. The third-order valence-corrected chi connectivity index (χ3v) is 6.61. The molecule has 36 heavy (non-hydrogen) atoms. The number of hydrogen-bond donors (Lipinski definition) is 1. The highest BCUT2D eigenvalue weighted by atomic mass is 35.5. The van der Waals surface area contributed by atoms with Crippen LogP contribution in [0.3, 0.4) is 0 Å². The zero-order valence-corrected chi connectivity index (χ0v) is 21.1. The third kappa shape index (κ3) is 4.91. The molecule has 5 rings (SSSR count). The fourth-order valence-corrected chi connectivity index (χ4v) is 4.83. The normalized spacial score (nSPS) is 20.0. The Balaban J connectivity index is 1.69. The first-order chi connectivity index (χ1) is 17.6. The summed E-state index contributed by atoms with van der Waals surface area (Å²) in [5.41, 5.74) is 2.06. The fraction of sp³-hybridized carbons (Fsp3) is 0.500. The number of morpholine rings is 2. The van der Waals surface area contributed by atoms with E-state index in [1.54, 1.807) is 19.2 Å². The maximum Gasteiger partial charge on any atom is 0.513 e. The monoisotopic (exact) mass is 516 g/mol. The molecule has 1 unspecified atom stereocenters. The standard InChI is InChI=1S/C24H29ClN6O5/c1-3-35-24(32)36-19-15(2)27-21-18(17(19)16-5-4-6-26-20(16)25)22(30-7-11-33-12-8-30)29-23(28-21)31-9-13-34-14-10-31/h4-6,17H,3,7-14H2,1-2H3,(H,27,28,29). The number of carbonyl (C=O) groups excluding carboxylic acids is 1. The van der Waals surface area contributed by atoms with E-state index in [1.165, 1.54) is 0 Å². The minimum atomic E-state index is -0.791. The molecule has 5 heterocycles. The predicted molar refractivity (Wildman–Crippen MR) is 134 cm³/mol. The van der Waals surface area contributed by atoms with E-state index in [1.807, 2.05) is 13.0 Å². The van der Waals surface area contributed by atoms with Gasteiger partial charge in [-0.25, -0.2) is 9.78 Å². The van der Waals surface area contributed by atoms with Gasteiger partial charge in [-0.1, -0.05) is 17.7 Å². The first-order valence-electron chi connectivity index (χ1n) is 12.1. The van der Waals surface area contributed by atoms with Gasteiger partial charge < -0.3 is 34.1 Å². The number of hydrogen-bond acceptors (Lipinski definition) is 11. The molecular weight excluding hydrogens is 488 g/mol. The summed E-state index contributed by atoms with van der Waals surface area (Å²) in [5, 5.41) is 3.66. The summed E-state index contributed by atoms with van der Waals surface area (Å²) in [6.45, 7) is 8.87. The van der Waals surface area contributed by atoms with Gasteiger partial charge in [-0.3, -0.25) is 0 Å². The molecule has 0 aromatic carbocycles. The Morgan fingerprint density at radius 1 is 1.14 bits per heavy atom. The maximum absolute atomic E-state index is 12.4. The number of allylic oxidation sites excluding steroid dienone is 2. The second-order valence-corrected chi connectivity index (χ2v) is 8.88. The van der Waals surface area contributed by atoms with Crippen LogP contribution in [-0.4, -0.2) is 80.3 Å². The Labute approximate surface area is 214 Å². The van der Waals surface area contributed by atoms with Crippen LogP contribution in [0.4, 0.5) is 22.4 Å². The van der Waals surface area contributed by atoms with Crippen LogP contribution in [0.25, 0.3) is 0 Å². The van der Waals surface area contributed by atoms with Gasteiger partial charge in [-0.2, -0.15) is 9.97 Å². The number of carbonyl (C=O) groups is 1. The molecule has 3 aliphatic rings. The molecule has 0 bridgehead atoms. The van der Waals surface area contributed by atoms with Crippen molar-refractivity contribution in [2.24, 2.45) is 0 Å². The van der Waals surface area contributed by atoms with Gasteiger partial charge in [-0.15, -0.1) is 0 Å². The van der Waals surface area contributed by atoms with E-state index in [9.17, 15) is 4.79 Å². The van der Waals surface area contributed by atoms with Gasteiger partial charge in [-0.05, 0) is 19.9 Å². The highest BCUT2D eigenvalue weighted by Gasteiger charge is 2.39. The number of halogens is 1. The lowest BCUT2D eigenvalue weighted by atomic mass is 9.87. The molecule has 0 aliphatic carbocycles. The van der Waals surface area contributed by atoms with Crippen LogP contribution in [0.2, 0.25) is 5.15 Å². The van der Waals surface area contributed by atoms with Gasteiger partial charge in [0.2, 0.25) is 5.95 Å². The Bertz CT molecular complexity index is 1150. The van der Waals surface area contributed by atoms with Crippen LogP contribution in [-0.2, 0) is 18.9 Å². The molecule has 2 saturated heterocycles. The number of rotatable bonds is 5. The molecule has 1 N–H and O–H groups in total. The highest BCUT2D eigenvalue weighted by molar-refractivity contribution is 6.30. The van der Waals surface area contributed by atoms with E-state index in [0.29, 0.717) is 86.5 Å². The lowest BCUT2D eigenvalue weighted by Crippen LogP contribution is -2.41. The van der Waals surface area contributed by atoms with Crippen LogP contribution < -0.4 is 15.1 Å². The van der Waals surface area contributed by atoms with Gasteiger partial charge in [0, 0.05) is 37.9 Å². The number of aromatic nitrogens is 3. The molecule has 3 aliphatic heterocycles. The molecule has 192 valence electrons. The molecule has 2 aromatic heterocycles. The number of fused-ring (bicyclic) bond motifs is 1. The largest absolute Gasteiger partial charge is 0.513 e. The molecule has 12 heteroatoms. The number of nitrogens with zero attached hydrogens (tertiary/aromatic N) is 5. The Morgan fingerprint density at radius 3 is 2.50 bits per heavy atom. The van der Waals surface area contributed by atoms with E-state index in [4.69, 9.17) is 40.5 Å². The van der Waals surface area contributed by atoms with E-state index in [0.717, 1.165) is 11.4 Å². The molecule has 0 spiro atoms. The first-order valence-corrected chi connectivity index (χ1v) is 12.4. The second kappa shape index (κ2) is 10.9. The van der Waals surface area contributed by atoms with Gasteiger partial charge in [0.05, 0.1) is 50.2 Å². The molecule has 2 fully saturated rings. The van der Waals surface area contributed by atoms with Gasteiger partial charge in [0.1, 0.15) is 22.5 Å². The molecular formula is C24H29ClN6O5. The summed E-state index contributed by atoms with van der Waals surface area (Å²) in [6.07, 6.45) is 0.831. The lowest BCUT2D eigenvalue weighted by Gasteiger charge is -2.37. The quantitative estimate of drug-likeness (QED) is 0.467. The molecule has 11 nitrogen and oxygen atoms in total. The Morgan fingerprint density at radius 2 is 1.83 bits per heavy atom. The Kier molecular flexibility index (Phi) is 7.40. The predicted octanol–water partition coefficient (Wildman–Crippen LogP) is 3.16. The van der Waals surface area contributed by atoms with Crippen molar-refractivity contribution in [1.82, 2.24) is 15.0 Å². The number of ether oxygens (including phenoxy) is 4. The summed E-state index contributed by atoms with van der Waals surface area (Å²) in [5.74, 6) is 1.77. The highest BCUT2D eigenvalue weighted by Crippen LogP contribution is 2.47. The van der Waals surface area contributed by atoms with Crippen LogP contribution >= 0.6 is 11.6 Å². The molecule has 0 saturated carbocycles. The van der Waals surface area contributed by atoms with Crippen LogP contribution in [0.1, 0.15) is 30.9 Å². The molecule has 1 atom stereocenters. The maximum atomic E-state index is 12.4. The SMILES string of the molecule is CCOC(=O)OC1=C(C)Nc2nc(N3CCOCC3)nc(N3CCOCC3)c2C1c1cccnc1Cl. The minimum Gasteiger partial charge on any atom is -0.434 e. The van der Waals surface area contributed by atoms with Gasteiger partial charge >= 0.3 is 6.16 Å². The lowest BCUT2D eigenvalue weighted by molar-refractivity contribution is 0.0777. The van der Waals surface area contributed by atoms with Crippen molar-refractivity contribution in [3.05, 3.63) is 46.1 Å². The van der Waals surface area contributed by atoms with Gasteiger partial charge in [0.25, 0.3) is 0 Å². The summed E-state index contributed by atoms with van der Waals surface area (Å²) < 4.78 is 22.0. The van der Waals surface area contributed by atoms with Crippen molar-refractivity contribution < 1.29 is 23.7 Å². The smallest absolute Gasteiger partial charge is 0.434 e. The molecule has 2 aromatic rings. The van der Waals surface area contributed by atoms with Crippen molar-refractivity contribution in [1.29, 1.82) is 0 Å². The van der Waals surface area contributed by atoms with E-state index in [-0.39, 0.29) is 6.61 Å². The Hall–Kier alpha value is -3.15. The topological polar surface area (TPSA) is 111 Å². The fourth-order valence-electron chi connectivity index (χ4n) is 4.60. The van der Waals surface area contributed by atoms with Gasteiger partial charge in [0.15, 0.2) is 0 Å². The average molecular weight is 517 g/mol. The number of pyridine rings is 1. The van der Waals surface area contributed by atoms with Crippen LogP contribution in [0.5, 0.6) is 0 Å². The molecule has 0 radical (unpaired) electrons. The van der Waals surface area contributed by atoms with Crippen molar-refractivity contribution in [2.75, 3.05) is 74.3 Å². The first kappa shape index (κ1) is 24.5. The average Bonchev–Trinajstić information content (AvgIpc) is 2.90. The number of anilines is 3. The third-order valence-electron chi connectivity index (χ3n) is 6.30. The summed E-state index contributed by atoms with van der Waals surface area (Å²) in [7, 11) is 0.